The molecule has 236 valence electrons. The Morgan fingerprint density at radius 1 is 0.930 bits per heavy atom. The molecule has 2 aromatic rings. The van der Waals surface area contributed by atoms with Gasteiger partial charge in [-0.15, -0.1) is 0 Å². The van der Waals surface area contributed by atoms with Gasteiger partial charge in [0.2, 0.25) is 11.8 Å². The molecule has 2 aliphatic heterocycles. The number of carbonyl (C=O) groups excluding carboxylic acids is 2. The zero-order valence-electron chi connectivity index (χ0n) is 24.6. The van der Waals surface area contributed by atoms with Crippen molar-refractivity contribution in [2.45, 2.75) is 58.2 Å². The highest BCUT2D eigenvalue weighted by Crippen LogP contribution is 2.25. The Kier molecular flexibility index (Phi) is 13.3. The van der Waals surface area contributed by atoms with Crippen molar-refractivity contribution < 1.29 is 32.7 Å². The summed E-state index contributed by atoms with van der Waals surface area (Å²) in [7, 11) is 0. The minimum Gasteiger partial charge on any atom is -0.475 e. The third-order valence-electron chi connectivity index (χ3n) is 8.14. The maximum absolute atomic E-state index is 13.6. The van der Waals surface area contributed by atoms with E-state index in [-0.39, 0.29) is 17.7 Å². The van der Waals surface area contributed by atoms with Crippen LogP contribution in [0.3, 0.4) is 0 Å². The van der Waals surface area contributed by atoms with Crippen LogP contribution in [0.1, 0.15) is 50.2 Å². The first-order valence-corrected chi connectivity index (χ1v) is 15.2. The molecule has 2 amide bonds. The van der Waals surface area contributed by atoms with E-state index in [1.165, 1.54) is 24.8 Å². The fraction of sp³-hybridized carbons (Fsp3) is 0.531. The summed E-state index contributed by atoms with van der Waals surface area (Å²) in [6.45, 7) is 7.53. The zero-order chi connectivity index (χ0) is 31.4. The number of aliphatic carboxylic acids is 1. The number of carboxylic acids is 1. The molecule has 0 atom stereocenters. The Morgan fingerprint density at radius 3 is 2.07 bits per heavy atom. The van der Waals surface area contributed by atoms with Gasteiger partial charge in [-0.2, -0.15) is 13.2 Å². The first kappa shape index (κ1) is 34.4. The smallest absolute Gasteiger partial charge is 0.475 e. The van der Waals surface area contributed by atoms with E-state index in [1.807, 2.05) is 34.1 Å². The monoisotopic (exact) mass is 623 g/mol. The third kappa shape index (κ3) is 11.5. The van der Waals surface area contributed by atoms with Crippen molar-refractivity contribution in [3.05, 3.63) is 70.7 Å². The van der Waals surface area contributed by atoms with E-state index >= 15 is 0 Å². The van der Waals surface area contributed by atoms with Crippen LogP contribution in [0.25, 0.3) is 0 Å². The maximum atomic E-state index is 13.6. The average molecular weight is 624 g/mol. The number of carboxylic acid groups (broad SMARTS) is 1. The summed E-state index contributed by atoms with van der Waals surface area (Å²) in [6, 6.07) is 18.6. The van der Waals surface area contributed by atoms with E-state index in [0.717, 1.165) is 56.9 Å². The predicted molar refractivity (Wildman–Crippen MR) is 159 cm³/mol. The lowest BCUT2D eigenvalue weighted by Crippen LogP contribution is -2.44. The number of rotatable bonds is 9. The molecule has 11 heteroatoms. The van der Waals surface area contributed by atoms with Gasteiger partial charge < -0.3 is 19.8 Å². The summed E-state index contributed by atoms with van der Waals surface area (Å²) in [5.41, 5.74) is 2.44. The second-order valence-electron chi connectivity index (χ2n) is 11.3. The summed E-state index contributed by atoms with van der Waals surface area (Å²) < 4.78 is 31.7. The fourth-order valence-electron chi connectivity index (χ4n) is 5.65. The highest BCUT2D eigenvalue weighted by molar-refractivity contribution is 6.31. The number of nitrogens with zero attached hydrogens (tertiary/aromatic N) is 3. The van der Waals surface area contributed by atoms with Crippen molar-refractivity contribution in [1.82, 2.24) is 14.7 Å². The number of alkyl halides is 3. The summed E-state index contributed by atoms with van der Waals surface area (Å²) in [5.74, 6) is -1.70. The second kappa shape index (κ2) is 16.7. The number of hydrogen-bond donors (Lipinski definition) is 1. The Bertz CT molecular complexity index is 1180. The van der Waals surface area contributed by atoms with E-state index in [4.69, 9.17) is 21.5 Å². The molecule has 0 radical (unpaired) electrons. The molecular formula is C32H41ClF3N3O4. The van der Waals surface area contributed by atoms with Crippen LogP contribution in [0.2, 0.25) is 5.02 Å². The first-order valence-electron chi connectivity index (χ1n) is 14.8. The van der Waals surface area contributed by atoms with Gasteiger partial charge in [0.15, 0.2) is 0 Å². The number of halogens is 4. The molecule has 7 nitrogen and oxygen atoms in total. The van der Waals surface area contributed by atoms with Crippen LogP contribution < -0.4 is 0 Å². The van der Waals surface area contributed by atoms with Crippen molar-refractivity contribution in [1.29, 1.82) is 0 Å². The van der Waals surface area contributed by atoms with E-state index < -0.39 is 12.1 Å². The largest absolute Gasteiger partial charge is 0.490 e. The molecule has 2 saturated heterocycles. The highest BCUT2D eigenvalue weighted by Gasteiger charge is 2.38. The van der Waals surface area contributed by atoms with Gasteiger partial charge in [-0.3, -0.25) is 9.59 Å². The number of hydrogen-bond acceptors (Lipinski definition) is 4. The summed E-state index contributed by atoms with van der Waals surface area (Å²) in [5, 5.41) is 7.84. The Balaban J connectivity index is 0.000000646. The van der Waals surface area contributed by atoms with Crippen LogP contribution >= 0.6 is 11.6 Å². The quantitative estimate of drug-likeness (QED) is 0.376. The number of benzene rings is 2. The van der Waals surface area contributed by atoms with Gasteiger partial charge in [-0.25, -0.2) is 4.79 Å². The molecule has 1 N–H and O–H groups in total. The van der Waals surface area contributed by atoms with E-state index in [9.17, 15) is 22.8 Å². The van der Waals surface area contributed by atoms with E-state index in [1.54, 1.807) is 6.92 Å². The number of piperidine rings is 2. The van der Waals surface area contributed by atoms with Crippen LogP contribution in [0.15, 0.2) is 54.6 Å². The van der Waals surface area contributed by atoms with Crippen molar-refractivity contribution >= 4 is 29.4 Å². The van der Waals surface area contributed by atoms with Crippen LogP contribution in [0.4, 0.5) is 13.2 Å². The van der Waals surface area contributed by atoms with Gasteiger partial charge in [0, 0.05) is 44.0 Å². The molecule has 0 spiro atoms. The van der Waals surface area contributed by atoms with Crippen molar-refractivity contribution in [3.63, 3.8) is 0 Å². The fourth-order valence-corrected chi connectivity index (χ4v) is 5.84. The maximum Gasteiger partial charge on any atom is 0.490 e. The van der Waals surface area contributed by atoms with Crippen LogP contribution in [-0.2, 0) is 27.3 Å². The number of likely N-dealkylation sites (tertiary alicyclic amines) is 2. The average Bonchev–Trinajstić information content (AvgIpc) is 2.98. The number of amides is 2. The van der Waals surface area contributed by atoms with Crippen LogP contribution in [-0.4, -0.2) is 83.0 Å². The Labute approximate surface area is 256 Å². The molecule has 0 bridgehead atoms. The zero-order valence-corrected chi connectivity index (χ0v) is 25.3. The topological polar surface area (TPSA) is 81.2 Å². The molecule has 2 aromatic carbocycles. The van der Waals surface area contributed by atoms with Crippen molar-refractivity contribution in [2.75, 3.05) is 39.3 Å². The molecule has 2 fully saturated rings. The van der Waals surface area contributed by atoms with Crippen molar-refractivity contribution in [2.24, 2.45) is 11.8 Å². The minimum absolute atomic E-state index is 0.0168. The SMILES string of the molecule is CC(=O)N1CCC(C(=O)N(CCCN2CCC(Cc3ccccc3)CC2)Cc2ccccc2Cl)CC1.O=C(O)C(F)(F)F. The lowest BCUT2D eigenvalue weighted by atomic mass is 9.90. The normalized spacial score (nSPS) is 16.7. The summed E-state index contributed by atoms with van der Waals surface area (Å²) >= 11 is 6.45. The van der Waals surface area contributed by atoms with Gasteiger partial charge in [-0.05, 0) is 81.3 Å². The molecule has 2 aliphatic rings. The second-order valence-corrected chi connectivity index (χ2v) is 11.7. The molecule has 4 rings (SSSR count). The summed E-state index contributed by atoms with van der Waals surface area (Å²) in [6.07, 6.45) is 1.03. The van der Waals surface area contributed by atoms with Gasteiger partial charge in [0.1, 0.15) is 0 Å². The van der Waals surface area contributed by atoms with Crippen LogP contribution in [0, 0.1) is 11.8 Å². The van der Waals surface area contributed by atoms with Gasteiger partial charge in [0.25, 0.3) is 0 Å². The molecule has 2 heterocycles. The lowest BCUT2D eigenvalue weighted by molar-refractivity contribution is -0.192. The predicted octanol–water partition coefficient (Wildman–Crippen LogP) is 5.91. The van der Waals surface area contributed by atoms with Crippen molar-refractivity contribution in [3.8, 4) is 0 Å². The van der Waals surface area contributed by atoms with Gasteiger partial charge in [-0.1, -0.05) is 60.1 Å². The first-order chi connectivity index (χ1) is 20.4. The highest BCUT2D eigenvalue weighted by atomic mass is 35.5. The van der Waals surface area contributed by atoms with Gasteiger partial charge >= 0.3 is 12.1 Å². The lowest BCUT2D eigenvalue weighted by Gasteiger charge is -2.35. The van der Waals surface area contributed by atoms with E-state index in [0.29, 0.717) is 24.7 Å². The molecule has 0 unspecified atom stereocenters. The minimum atomic E-state index is -5.08. The molecule has 0 saturated carbocycles. The molecular weight excluding hydrogens is 583 g/mol. The Hall–Kier alpha value is -3.11. The summed E-state index contributed by atoms with van der Waals surface area (Å²) in [4.78, 5) is 40.6. The standard InChI is InChI=1S/C30H40ClN3O2.C2HF3O2/c1-24(35)33-20-14-27(15-21-33)30(36)34(23-28-10-5-6-11-29(28)31)17-7-16-32-18-12-26(13-19-32)22-25-8-3-2-4-9-25;3-2(4,5)1(6)7/h2-6,8-11,26-27H,7,12-23H2,1H3;(H,6,7). The van der Waals surface area contributed by atoms with E-state index in [2.05, 4.69) is 35.2 Å². The molecule has 0 aromatic heterocycles. The Morgan fingerprint density at radius 2 is 1.51 bits per heavy atom. The molecule has 43 heavy (non-hydrogen) atoms. The molecule has 0 aliphatic carbocycles. The third-order valence-corrected chi connectivity index (χ3v) is 8.51. The van der Waals surface area contributed by atoms with Gasteiger partial charge in [0.05, 0.1) is 0 Å². The number of carbonyl (C=O) groups is 3. The van der Waals surface area contributed by atoms with Crippen LogP contribution in [0.5, 0.6) is 0 Å².